The lowest BCUT2D eigenvalue weighted by Gasteiger charge is -2.18. The number of nitrogens with one attached hydrogen (secondary N) is 1. The van der Waals surface area contributed by atoms with Crippen molar-refractivity contribution in [2.45, 2.75) is 25.4 Å². The lowest BCUT2D eigenvalue weighted by Crippen LogP contribution is -2.32. The molecule has 30 heavy (non-hydrogen) atoms. The Hall–Kier alpha value is -2.73. The number of nitrogens with zero attached hydrogens (tertiary/aromatic N) is 3. The summed E-state index contributed by atoms with van der Waals surface area (Å²) in [4.78, 5) is 19.3. The van der Waals surface area contributed by atoms with Crippen molar-refractivity contribution in [2.75, 3.05) is 30.3 Å². The van der Waals surface area contributed by atoms with Crippen molar-refractivity contribution in [2.24, 2.45) is 5.92 Å². The van der Waals surface area contributed by atoms with Crippen molar-refractivity contribution < 1.29 is 4.79 Å². The second-order valence-electron chi connectivity index (χ2n) is 7.90. The van der Waals surface area contributed by atoms with Gasteiger partial charge in [-0.1, -0.05) is 42.1 Å². The number of para-hydroxylation sites is 1. The van der Waals surface area contributed by atoms with Gasteiger partial charge in [0.1, 0.15) is 0 Å². The Morgan fingerprint density at radius 3 is 2.87 bits per heavy atom. The van der Waals surface area contributed by atoms with Crippen LogP contribution >= 0.6 is 11.8 Å². The Balaban J connectivity index is 1.27. The van der Waals surface area contributed by atoms with Gasteiger partial charge in [-0.3, -0.25) is 9.36 Å². The molecular weight excluding hydrogens is 392 g/mol. The van der Waals surface area contributed by atoms with E-state index in [0.717, 1.165) is 36.9 Å². The van der Waals surface area contributed by atoms with Crippen LogP contribution in [0.5, 0.6) is 0 Å². The summed E-state index contributed by atoms with van der Waals surface area (Å²) in [6, 6.07) is 16.9. The fourth-order valence-corrected chi connectivity index (χ4v) is 4.67. The van der Waals surface area contributed by atoms with E-state index in [2.05, 4.69) is 76.1 Å². The summed E-state index contributed by atoms with van der Waals surface area (Å²) in [5.74, 6) is 0.932. The minimum absolute atomic E-state index is 0.0636. The van der Waals surface area contributed by atoms with Crippen LogP contribution in [0.15, 0.2) is 66.1 Å². The number of carbonyl (C=O) groups excluding carboxylic acids is 1. The molecule has 1 fully saturated rings. The van der Waals surface area contributed by atoms with Gasteiger partial charge in [-0.2, -0.15) is 0 Å². The first-order chi connectivity index (χ1) is 14.6. The number of carbonyl (C=O) groups is 1. The number of hydrogen-bond acceptors (Lipinski definition) is 4. The fraction of sp³-hybridized carbons (Fsp3) is 0.333. The molecule has 1 unspecified atom stereocenters. The van der Waals surface area contributed by atoms with Gasteiger partial charge in [0, 0.05) is 37.7 Å². The second-order valence-corrected chi connectivity index (χ2v) is 8.84. The molecule has 156 valence electrons. The van der Waals surface area contributed by atoms with Crippen LogP contribution in [0.1, 0.15) is 17.5 Å². The number of hydrogen-bond donors (Lipinski definition) is 1. The molecule has 0 bridgehead atoms. The van der Waals surface area contributed by atoms with Crippen LogP contribution in [0.3, 0.4) is 0 Å². The molecule has 2 aromatic carbocycles. The Labute approximate surface area is 182 Å². The van der Waals surface area contributed by atoms with E-state index in [1.807, 2.05) is 12.3 Å². The number of rotatable bonds is 7. The molecule has 0 aliphatic carbocycles. The quantitative estimate of drug-likeness (QED) is 0.582. The smallest absolute Gasteiger partial charge is 0.230 e. The third-order valence-electron chi connectivity index (χ3n) is 5.56. The Bertz CT molecular complexity index is 1000. The molecule has 2 heterocycles. The number of amides is 1. The number of anilines is 1. The fourth-order valence-electron chi connectivity index (χ4n) is 3.87. The van der Waals surface area contributed by atoms with Gasteiger partial charge in [-0.25, -0.2) is 4.98 Å². The van der Waals surface area contributed by atoms with E-state index in [0.29, 0.717) is 11.7 Å². The third-order valence-corrected chi connectivity index (χ3v) is 6.53. The SMILES string of the molecule is Cc1ccc(C)c(-n2ccnc2SCC(=O)NCC2CCN(c3ccccc3)C2)c1. The summed E-state index contributed by atoms with van der Waals surface area (Å²) >= 11 is 1.48. The highest BCUT2D eigenvalue weighted by molar-refractivity contribution is 7.99. The number of thioether (sulfide) groups is 1. The molecule has 3 aromatic rings. The monoisotopic (exact) mass is 420 g/mol. The number of aromatic nitrogens is 2. The Morgan fingerprint density at radius 1 is 1.20 bits per heavy atom. The average Bonchev–Trinajstić information content (AvgIpc) is 3.43. The van der Waals surface area contributed by atoms with Crippen molar-refractivity contribution >= 4 is 23.4 Å². The molecule has 1 amide bonds. The predicted molar refractivity (Wildman–Crippen MR) is 124 cm³/mol. The van der Waals surface area contributed by atoms with Crippen LogP contribution in [0, 0.1) is 19.8 Å². The number of aryl methyl sites for hydroxylation is 2. The molecule has 0 spiro atoms. The van der Waals surface area contributed by atoms with Crippen LogP contribution in [-0.4, -0.2) is 40.8 Å². The van der Waals surface area contributed by atoms with Crippen molar-refractivity contribution in [1.29, 1.82) is 0 Å². The van der Waals surface area contributed by atoms with Crippen LogP contribution in [-0.2, 0) is 4.79 Å². The minimum Gasteiger partial charge on any atom is -0.371 e. The normalized spacial score (nSPS) is 16.1. The van der Waals surface area contributed by atoms with E-state index in [9.17, 15) is 4.79 Å². The van der Waals surface area contributed by atoms with Gasteiger partial charge in [-0.05, 0) is 55.5 Å². The summed E-state index contributed by atoms with van der Waals surface area (Å²) < 4.78 is 2.06. The standard InChI is InChI=1S/C24H28N4OS/c1-18-8-9-19(2)22(14-18)28-13-11-25-24(28)30-17-23(29)26-15-20-10-12-27(16-20)21-6-4-3-5-7-21/h3-9,11,13-14,20H,10,12,15-17H2,1-2H3,(H,26,29). The van der Waals surface area contributed by atoms with E-state index < -0.39 is 0 Å². The first kappa shape index (κ1) is 20.5. The maximum Gasteiger partial charge on any atom is 0.230 e. The zero-order valence-electron chi connectivity index (χ0n) is 17.5. The zero-order valence-corrected chi connectivity index (χ0v) is 18.4. The lowest BCUT2D eigenvalue weighted by atomic mass is 10.1. The van der Waals surface area contributed by atoms with Crippen LogP contribution in [0.2, 0.25) is 0 Å². The maximum absolute atomic E-state index is 12.4. The molecule has 0 radical (unpaired) electrons. The average molecular weight is 421 g/mol. The molecule has 1 N–H and O–H groups in total. The predicted octanol–water partition coefficient (Wildman–Crippen LogP) is 4.22. The van der Waals surface area contributed by atoms with Gasteiger partial charge in [0.05, 0.1) is 11.4 Å². The van der Waals surface area contributed by atoms with Crippen molar-refractivity contribution in [3.8, 4) is 5.69 Å². The van der Waals surface area contributed by atoms with E-state index in [1.54, 1.807) is 6.20 Å². The largest absolute Gasteiger partial charge is 0.371 e. The molecule has 0 saturated carbocycles. The van der Waals surface area contributed by atoms with Gasteiger partial charge in [0.2, 0.25) is 5.91 Å². The number of benzene rings is 2. The van der Waals surface area contributed by atoms with E-state index >= 15 is 0 Å². The van der Waals surface area contributed by atoms with Crippen molar-refractivity contribution in [3.63, 3.8) is 0 Å². The van der Waals surface area contributed by atoms with Gasteiger partial charge >= 0.3 is 0 Å². The second kappa shape index (κ2) is 9.39. The van der Waals surface area contributed by atoms with Gasteiger partial charge in [0.15, 0.2) is 5.16 Å². The molecule has 1 aromatic heterocycles. The summed E-state index contributed by atoms with van der Waals surface area (Å²) in [5, 5.41) is 3.96. The zero-order chi connectivity index (χ0) is 20.9. The van der Waals surface area contributed by atoms with Gasteiger partial charge in [0.25, 0.3) is 0 Å². The molecule has 1 aliphatic rings. The highest BCUT2D eigenvalue weighted by atomic mass is 32.2. The molecule has 4 rings (SSSR count). The van der Waals surface area contributed by atoms with Crippen LogP contribution < -0.4 is 10.2 Å². The Kier molecular flexibility index (Phi) is 6.43. The molecule has 5 nitrogen and oxygen atoms in total. The summed E-state index contributed by atoms with van der Waals surface area (Å²) in [6.07, 6.45) is 4.86. The molecule has 6 heteroatoms. The first-order valence-electron chi connectivity index (χ1n) is 10.4. The van der Waals surface area contributed by atoms with E-state index in [4.69, 9.17) is 0 Å². The highest BCUT2D eigenvalue weighted by Crippen LogP contribution is 2.24. The Morgan fingerprint density at radius 2 is 2.03 bits per heavy atom. The van der Waals surface area contributed by atoms with Gasteiger partial charge < -0.3 is 10.2 Å². The van der Waals surface area contributed by atoms with Crippen molar-refractivity contribution in [3.05, 3.63) is 72.1 Å². The molecule has 1 atom stereocenters. The molecular formula is C24H28N4OS. The third kappa shape index (κ3) is 4.87. The number of imidazole rings is 1. The summed E-state index contributed by atoms with van der Waals surface area (Å²) in [6.45, 7) is 6.95. The van der Waals surface area contributed by atoms with E-state index in [-0.39, 0.29) is 5.91 Å². The molecule has 1 aliphatic heterocycles. The highest BCUT2D eigenvalue weighted by Gasteiger charge is 2.23. The first-order valence-corrected chi connectivity index (χ1v) is 11.4. The summed E-state index contributed by atoms with van der Waals surface area (Å²) in [5.41, 5.74) is 4.77. The topological polar surface area (TPSA) is 50.2 Å². The van der Waals surface area contributed by atoms with Crippen LogP contribution in [0.25, 0.3) is 5.69 Å². The van der Waals surface area contributed by atoms with Gasteiger partial charge in [-0.15, -0.1) is 0 Å². The maximum atomic E-state index is 12.4. The lowest BCUT2D eigenvalue weighted by molar-refractivity contribution is -0.118. The van der Waals surface area contributed by atoms with Crippen molar-refractivity contribution in [1.82, 2.24) is 14.9 Å². The summed E-state index contributed by atoms with van der Waals surface area (Å²) in [7, 11) is 0. The van der Waals surface area contributed by atoms with Crippen LogP contribution in [0.4, 0.5) is 5.69 Å². The molecule has 1 saturated heterocycles. The van der Waals surface area contributed by atoms with E-state index in [1.165, 1.54) is 28.6 Å². The minimum atomic E-state index is 0.0636.